The van der Waals surface area contributed by atoms with E-state index >= 15 is 0 Å². The van der Waals surface area contributed by atoms with E-state index in [4.69, 9.17) is 5.73 Å². The molecule has 0 saturated carbocycles. The van der Waals surface area contributed by atoms with Gasteiger partial charge in [-0.05, 0) is 19.1 Å². The smallest absolute Gasteiger partial charge is 0.328 e. The van der Waals surface area contributed by atoms with Crippen LogP contribution in [-0.2, 0) is 6.54 Å². The zero-order chi connectivity index (χ0) is 14.9. The van der Waals surface area contributed by atoms with Crippen molar-refractivity contribution < 1.29 is 9.18 Å². The number of nitrogens with one attached hydrogen (secondary N) is 1. The van der Waals surface area contributed by atoms with E-state index in [1.54, 1.807) is 6.92 Å². The van der Waals surface area contributed by atoms with Gasteiger partial charge in [-0.15, -0.1) is 0 Å². The fraction of sp³-hybridized carbons (Fsp3) is 0.154. The van der Waals surface area contributed by atoms with Gasteiger partial charge >= 0.3 is 5.69 Å². The van der Waals surface area contributed by atoms with Crippen LogP contribution in [-0.4, -0.2) is 15.5 Å². The minimum absolute atomic E-state index is 0.0521. The van der Waals surface area contributed by atoms with Crippen molar-refractivity contribution in [2.45, 2.75) is 13.5 Å². The minimum Gasteiger partial charge on any atom is -0.366 e. The number of hydrogen-bond acceptors (Lipinski definition) is 3. The lowest BCUT2D eigenvalue weighted by Crippen LogP contribution is -2.31. The lowest BCUT2D eigenvalue weighted by atomic mass is 10.1. The number of halogens is 1. The molecule has 0 atom stereocenters. The summed E-state index contributed by atoms with van der Waals surface area (Å²) in [5, 5.41) is 0. The maximum absolute atomic E-state index is 13.8. The summed E-state index contributed by atoms with van der Waals surface area (Å²) in [5.41, 5.74) is 4.55. The van der Waals surface area contributed by atoms with Crippen molar-refractivity contribution in [3.05, 3.63) is 67.7 Å². The summed E-state index contributed by atoms with van der Waals surface area (Å²) in [6.45, 7) is 1.49. The van der Waals surface area contributed by atoms with Crippen molar-refractivity contribution in [2.24, 2.45) is 5.73 Å². The molecule has 3 N–H and O–H groups in total. The van der Waals surface area contributed by atoms with Crippen LogP contribution in [0.25, 0.3) is 0 Å². The number of benzene rings is 1. The van der Waals surface area contributed by atoms with Gasteiger partial charge in [0.1, 0.15) is 5.82 Å². The molecule has 104 valence electrons. The maximum Gasteiger partial charge on any atom is 0.328 e. The molecule has 0 aliphatic carbocycles. The largest absolute Gasteiger partial charge is 0.366 e. The third-order valence-corrected chi connectivity index (χ3v) is 2.87. The molecular weight excluding hydrogens is 265 g/mol. The fourth-order valence-corrected chi connectivity index (χ4v) is 1.75. The van der Waals surface area contributed by atoms with Crippen LogP contribution >= 0.6 is 0 Å². The number of carbonyl (C=O) groups excluding carboxylic acids is 1. The van der Waals surface area contributed by atoms with Gasteiger partial charge in [0.15, 0.2) is 0 Å². The van der Waals surface area contributed by atoms with Crippen molar-refractivity contribution in [2.75, 3.05) is 0 Å². The molecule has 7 heteroatoms. The summed E-state index contributed by atoms with van der Waals surface area (Å²) in [4.78, 5) is 35.9. The van der Waals surface area contributed by atoms with E-state index in [9.17, 15) is 18.8 Å². The molecular formula is C13H12FN3O3. The number of amides is 1. The Balaban J connectivity index is 2.40. The zero-order valence-electron chi connectivity index (χ0n) is 10.6. The molecule has 0 fully saturated rings. The molecule has 0 bridgehead atoms. The van der Waals surface area contributed by atoms with Gasteiger partial charge in [0.05, 0.1) is 6.54 Å². The lowest BCUT2D eigenvalue weighted by molar-refractivity contribution is 0.1000. The SMILES string of the molecule is Cc1cn(Cc2ccc(C(N)=O)cc2F)c(=O)[nH]c1=O. The first-order valence-electron chi connectivity index (χ1n) is 5.77. The molecule has 0 unspecified atom stereocenters. The Hall–Kier alpha value is -2.70. The first kappa shape index (κ1) is 13.7. The quantitative estimate of drug-likeness (QED) is 0.834. The van der Waals surface area contributed by atoms with E-state index < -0.39 is 23.0 Å². The lowest BCUT2D eigenvalue weighted by Gasteiger charge is -2.08. The number of primary amides is 1. The molecule has 1 heterocycles. The number of hydrogen-bond donors (Lipinski definition) is 2. The van der Waals surface area contributed by atoms with Crippen LogP contribution in [0, 0.1) is 12.7 Å². The topological polar surface area (TPSA) is 97.9 Å². The highest BCUT2D eigenvalue weighted by molar-refractivity contribution is 5.92. The number of carbonyl (C=O) groups is 1. The average molecular weight is 277 g/mol. The normalized spacial score (nSPS) is 10.5. The van der Waals surface area contributed by atoms with Crippen LogP contribution in [0.2, 0.25) is 0 Å². The van der Waals surface area contributed by atoms with Crippen LogP contribution < -0.4 is 17.0 Å². The zero-order valence-corrected chi connectivity index (χ0v) is 10.6. The first-order chi connectivity index (χ1) is 9.38. The van der Waals surface area contributed by atoms with Gasteiger partial charge in [0.2, 0.25) is 5.91 Å². The van der Waals surface area contributed by atoms with Crippen molar-refractivity contribution in [1.82, 2.24) is 9.55 Å². The summed E-state index contributed by atoms with van der Waals surface area (Å²) in [7, 11) is 0. The molecule has 2 aromatic rings. The monoisotopic (exact) mass is 277 g/mol. The molecule has 1 aromatic carbocycles. The average Bonchev–Trinajstić information content (AvgIpc) is 2.37. The van der Waals surface area contributed by atoms with Gasteiger partial charge in [-0.1, -0.05) is 6.07 Å². The number of aromatic nitrogens is 2. The third-order valence-electron chi connectivity index (χ3n) is 2.87. The standard InChI is InChI=1S/C13H12FN3O3/c1-7-5-17(13(20)16-12(7)19)6-9-3-2-8(11(15)18)4-10(9)14/h2-5H,6H2,1H3,(H2,15,18)(H,16,19,20). The molecule has 2 rings (SSSR count). The molecule has 20 heavy (non-hydrogen) atoms. The Labute approximate surface area is 112 Å². The molecule has 0 aliphatic heterocycles. The van der Waals surface area contributed by atoms with Gasteiger partial charge in [0, 0.05) is 22.9 Å². The highest BCUT2D eigenvalue weighted by Gasteiger charge is 2.09. The molecule has 0 radical (unpaired) electrons. The van der Waals surface area contributed by atoms with Crippen molar-refractivity contribution >= 4 is 5.91 Å². The first-order valence-corrected chi connectivity index (χ1v) is 5.77. The number of nitrogens with zero attached hydrogens (tertiary/aromatic N) is 1. The number of nitrogens with two attached hydrogens (primary N) is 1. The van der Waals surface area contributed by atoms with Crippen LogP contribution in [0.3, 0.4) is 0 Å². The second-order valence-electron chi connectivity index (χ2n) is 4.37. The maximum atomic E-state index is 13.8. The summed E-state index contributed by atoms with van der Waals surface area (Å²) in [6.07, 6.45) is 1.35. The van der Waals surface area contributed by atoms with Crippen LogP contribution in [0.5, 0.6) is 0 Å². The predicted octanol–water partition coefficient (Wildman–Crippen LogP) is 0.131. The van der Waals surface area contributed by atoms with Crippen LogP contribution in [0.15, 0.2) is 34.0 Å². The summed E-state index contributed by atoms with van der Waals surface area (Å²) < 4.78 is 15.0. The Bertz CT molecular complexity index is 792. The fourth-order valence-electron chi connectivity index (χ4n) is 1.75. The highest BCUT2D eigenvalue weighted by atomic mass is 19.1. The van der Waals surface area contributed by atoms with Crippen molar-refractivity contribution in [1.29, 1.82) is 0 Å². The molecule has 6 nitrogen and oxygen atoms in total. The number of rotatable bonds is 3. The third kappa shape index (κ3) is 2.66. The van der Waals surface area contributed by atoms with Crippen LogP contribution in [0.4, 0.5) is 4.39 Å². The van der Waals surface area contributed by atoms with E-state index in [2.05, 4.69) is 4.98 Å². The Kier molecular flexibility index (Phi) is 3.51. The Morgan fingerprint density at radius 1 is 1.40 bits per heavy atom. The van der Waals surface area contributed by atoms with Gasteiger partial charge in [-0.2, -0.15) is 0 Å². The van der Waals surface area contributed by atoms with Crippen molar-refractivity contribution in [3.8, 4) is 0 Å². The molecule has 1 amide bonds. The summed E-state index contributed by atoms with van der Waals surface area (Å²) >= 11 is 0. The number of H-pyrrole nitrogens is 1. The number of aromatic amines is 1. The van der Waals surface area contributed by atoms with Crippen molar-refractivity contribution in [3.63, 3.8) is 0 Å². The number of aryl methyl sites for hydroxylation is 1. The summed E-state index contributed by atoms with van der Waals surface area (Å²) in [5.74, 6) is -1.37. The van der Waals surface area contributed by atoms with E-state index in [0.29, 0.717) is 5.56 Å². The molecule has 0 spiro atoms. The summed E-state index contributed by atoms with van der Waals surface area (Å²) in [6, 6.07) is 3.77. The molecule has 0 saturated heterocycles. The minimum atomic E-state index is -0.729. The van der Waals surface area contributed by atoms with E-state index in [1.807, 2.05) is 0 Å². The van der Waals surface area contributed by atoms with E-state index in [1.165, 1.54) is 22.9 Å². The Morgan fingerprint density at radius 2 is 2.10 bits per heavy atom. The Morgan fingerprint density at radius 3 is 2.70 bits per heavy atom. The van der Waals surface area contributed by atoms with E-state index in [-0.39, 0.29) is 17.7 Å². The molecule has 1 aromatic heterocycles. The predicted molar refractivity (Wildman–Crippen MR) is 70.1 cm³/mol. The highest BCUT2D eigenvalue weighted by Crippen LogP contribution is 2.11. The van der Waals surface area contributed by atoms with Gasteiger partial charge in [-0.3, -0.25) is 19.1 Å². The van der Waals surface area contributed by atoms with E-state index in [0.717, 1.165) is 6.07 Å². The molecule has 0 aliphatic rings. The van der Waals surface area contributed by atoms with Gasteiger partial charge in [0.25, 0.3) is 5.56 Å². The van der Waals surface area contributed by atoms with Gasteiger partial charge < -0.3 is 5.73 Å². The van der Waals surface area contributed by atoms with Crippen LogP contribution in [0.1, 0.15) is 21.5 Å². The second-order valence-corrected chi connectivity index (χ2v) is 4.37. The second kappa shape index (κ2) is 5.12. The van der Waals surface area contributed by atoms with Gasteiger partial charge in [-0.25, -0.2) is 9.18 Å².